The van der Waals surface area contributed by atoms with Gasteiger partial charge in [0.05, 0.1) is 5.60 Å². The van der Waals surface area contributed by atoms with E-state index in [1.165, 1.54) is 44.1 Å². The summed E-state index contributed by atoms with van der Waals surface area (Å²) in [5.74, 6) is 0.922. The van der Waals surface area contributed by atoms with Crippen LogP contribution in [-0.4, -0.2) is 12.2 Å². The Bertz CT molecular complexity index is 205. The Balaban J connectivity index is 2.15. The van der Waals surface area contributed by atoms with E-state index in [0.29, 0.717) is 0 Å². The molecule has 0 amide bonds. The van der Waals surface area contributed by atoms with Gasteiger partial charge in [-0.25, -0.2) is 0 Å². The van der Waals surface area contributed by atoms with Gasteiger partial charge in [0.2, 0.25) is 0 Å². The van der Waals surface area contributed by atoms with Gasteiger partial charge in [-0.2, -0.15) is 0 Å². The molecule has 1 heteroatoms. The molecule has 0 saturated heterocycles. The van der Waals surface area contributed by atoms with Crippen LogP contribution in [0, 0.1) is 5.92 Å². The lowest BCUT2D eigenvalue weighted by molar-refractivity contribution is -0.0643. The molecule has 13 heavy (non-hydrogen) atoms. The van der Waals surface area contributed by atoms with Gasteiger partial charge in [-0.1, -0.05) is 13.0 Å². The van der Waals surface area contributed by atoms with Crippen molar-refractivity contribution in [2.24, 2.45) is 5.92 Å². The zero-order valence-corrected chi connectivity index (χ0v) is 8.64. The number of ether oxygens (including phenoxy) is 1. The van der Waals surface area contributed by atoms with Gasteiger partial charge in [0, 0.05) is 6.61 Å². The minimum Gasteiger partial charge on any atom is -0.371 e. The van der Waals surface area contributed by atoms with Gasteiger partial charge >= 0.3 is 0 Å². The van der Waals surface area contributed by atoms with Gasteiger partial charge in [0.15, 0.2) is 0 Å². The van der Waals surface area contributed by atoms with Gasteiger partial charge in [0.1, 0.15) is 0 Å². The molecular formula is C12H20O. The maximum absolute atomic E-state index is 5.95. The van der Waals surface area contributed by atoms with E-state index in [-0.39, 0.29) is 5.60 Å². The number of fused-ring (bicyclic) bond motifs is 2. The largest absolute Gasteiger partial charge is 0.371 e. The van der Waals surface area contributed by atoms with Crippen molar-refractivity contribution in [2.75, 3.05) is 6.61 Å². The summed E-state index contributed by atoms with van der Waals surface area (Å²) in [5.41, 5.74) is 1.46. The van der Waals surface area contributed by atoms with Crippen LogP contribution >= 0.6 is 0 Å². The fourth-order valence-electron chi connectivity index (χ4n) is 3.03. The molecule has 2 saturated carbocycles. The first-order valence-corrected chi connectivity index (χ1v) is 5.59. The minimum atomic E-state index is 0.0932. The lowest BCUT2D eigenvalue weighted by atomic mass is 9.67. The normalized spacial score (nSPS) is 39.2. The molecule has 2 aliphatic rings. The van der Waals surface area contributed by atoms with Crippen molar-refractivity contribution in [3.05, 3.63) is 12.2 Å². The third kappa shape index (κ3) is 1.54. The van der Waals surface area contributed by atoms with Crippen LogP contribution in [0.5, 0.6) is 0 Å². The predicted octanol–water partition coefficient (Wildman–Crippen LogP) is 3.30. The van der Waals surface area contributed by atoms with Crippen molar-refractivity contribution in [1.29, 1.82) is 0 Å². The molecule has 0 aromatic carbocycles. The molecule has 0 aliphatic heterocycles. The Morgan fingerprint density at radius 1 is 1.54 bits per heavy atom. The fraction of sp³-hybridized carbons (Fsp3) is 0.833. The van der Waals surface area contributed by atoms with Gasteiger partial charge in [-0.15, -0.1) is 0 Å². The molecule has 2 aliphatic carbocycles. The van der Waals surface area contributed by atoms with Crippen molar-refractivity contribution < 1.29 is 4.74 Å². The molecule has 0 N–H and O–H groups in total. The van der Waals surface area contributed by atoms with E-state index >= 15 is 0 Å². The molecule has 0 aromatic rings. The van der Waals surface area contributed by atoms with Crippen LogP contribution in [0.15, 0.2) is 12.2 Å². The number of rotatable bonds is 2. The second kappa shape index (κ2) is 3.45. The summed E-state index contributed by atoms with van der Waals surface area (Å²) < 4.78 is 5.95. The first kappa shape index (κ1) is 9.26. The molecule has 2 unspecified atom stereocenters. The van der Waals surface area contributed by atoms with Crippen molar-refractivity contribution in [3.8, 4) is 0 Å². The summed E-state index contributed by atoms with van der Waals surface area (Å²) in [6, 6.07) is 0. The molecule has 0 heterocycles. The van der Waals surface area contributed by atoms with E-state index in [4.69, 9.17) is 4.74 Å². The Labute approximate surface area is 81.2 Å². The molecule has 0 radical (unpaired) electrons. The van der Waals surface area contributed by atoms with E-state index in [2.05, 4.69) is 13.5 Å². The van der Waals surface area contributed by atoms with E-state index in [0.717, 1.165) is 12.5 Å². The van der Waals surface area contributed by atoms with E-state index < -0.39 is 0 Å². The maximum atomic E-state index is 5.95. The molecule has 2 atom stereocenters. The highest BCUT2D eigenvalue weighted by atomic mass is 16.5. The second-order valence-corrected chi connectivity index (χ2v) is 4.53. The van der Waals surface area contributed by atoms with Gasteiger partial charge in [0.25, 0.3) is 0 Å². The van der Waals surface area contributed by atoms with Crippen molar-refractivity contribution in [2.45, 2.75) is 51.0 Å². The van der Waals surface area contributed by atoms with Crippen molar-refractivity contribution in [3.63, 3.8) is 0 Å². The van der Waals surface area contributed by atoms with Crippen LogP contribution in [0.3, 0.4) is 0 Å². The minimum absolute atomic E-state index is 0.0932. The van der Waals surface area contributed by atoms with Crippen molar-refractivity contribution in [1.82, 2.24) is 0 Å². The molecule has 1 nitrogen and oxygen atoms in total. The monoisotopic (exact) mass is 180 g/mol. The lowest BCUT2D eigenvalue weighted by Gasteiger charge is -2.46. The van der Waals surface area contributed by atoms with Crippen LogP contribution < -0.4 is 0 Å². The summed E-state index contributed by atoms with van der Waals surface area (Å²) in [4.78, 5) is 0. The summed E-state index contributed by atoms with van der Waals surface area (Å²) >= 11 is 0. The fourth-order valence-corrected chi connectivity index (χ4v) is 3.03. The van der Waals surface area contributed by atoms with Crippen LogP contribution in [0.2, 0.25) is 0 Å². The highest BCUT2D eigenvalue weighted by molar-refractivity contribution is 5.18. The van der Waals surface area contributed by atoms with Gasteiger partial charge < -0.3 is 4.74 Å². The SMILES string of the molecule is C=C1CCC2CCCC1(OCC)C2. The Hall–Kier alpha value is -0.300. The number of hydrogen-bond acceptors (Lipinski definition) is 1. The Morgan fingerprint density at radius 2 is 2.38 bits per heavy atom. The predicted molar refractivity (Wildman–Crippen MR) is 54.7 cm³/mol. The van der Waals surface area contributed by atoms with Gasteiger partial charge in [-0.05, 0) is 50.5 Å². The summed E-state index contributed by atoms with van der Waals surface area (Å²) in [5, 5.41) is 0. The quantitative estimate of drug-likeness (QED) is 0.592. The third-order valence-corrected chi connectivity index (χ3v) is 3.73. The Kier molecular flexibility index (Phi) is 2.46. The smallest absolute Gasteiger partial charge is 0.0891 e. The first-order valence-electron chi connectivity index (χ1n) is 5.59. The topological polar surface area (TPSA) is 9.23 Å². The highest BCUT2D eigenvalue weighted by Gasteiger charge is 2.42. The maximum Gasteiger partial charge on any atom is 0.0891 e. The average molecular weight is 180 g/mol. The molecule has 2 rings (SSSR count). The second-order valence-electron chi connectivity index (χ2n) is 4.53. The lowest BCUT2D eigenvalue weighted by Crippen LogP contribution is -2.43. The summed E-state index contributed by atoms with van der Waals surface area (Å²) in [6.07, 6.45) is 7.78. The standard InChI is InChI=1S/C12H20O/c1-3-13-12-8-4-5-11(9-12)7-6-10(12)2/h11H,2-9H2,1H3. The van der Waals surface area contributed by atoms with Crippen molar-refractivity contribution >= 4 is 0 Å². The molecule has 2 bridgehead atoms. The zero-order chi connectivity index (χ0) is 9.31. The summed E-state index contributed by atoms with van der Waals surface area (Å²) in [7, 11) is 0. The zero-order valence-electron chi connectivity index (χ0n) is 8.64. The molecule has 0 spiro atoms. The molecule has 0 aromatic heterocycles. The highest BCUT2D eigenvalue weighted by Crippen LogP contribution is 2.47. The van der Waals surface area contributed by atoms with E-state index in [1.54, 1.807) is 0 Å². The van der Waals surface area contributed by atoms with E-state index in [1.807, 2.05) is 0 Å². The van der Waals surface area contributed by atoms with Crippen LogP contribution in [0.25, 0.3) is 0 Å². The molecule has 74 valence electrons. The summed E-state index contributed by atoms with van der Waals surface area (Å²) in [6.45, 7) is 7.14. The molecule has 2 fully saturated rings. The third-order valence-electron chi connectivity index (χ3n) is 3.73. The Morgan fingerprint density at radius 3 is 3.15 bits per heavy atom. The first-order chi connectivity index (χ1) is 6.27. The average Bonchev–Trinajstić information content (AvgIpc) is 2.13. The van der Waals surface area contributed by atoms with Crippen LogP contribution in [-0.2, 0) is 4.74 Å². The van der Waals surface area contributed by atoms with Crippen LogP contribution in [0.1, 0.15) is 45.4 Å². The van der Waals surface area contributed by atoms with Gasteiger partial charge in [-0.3, -0.25) is 0 Å². The number of hydrogen-bond donors (Lipinski definition) is 0. The van der Waals surface area contributed by atoms with E-state index in [9.17, 15) is 0 Å². The van der Waals surface area contributed by atoms with Crippen LogP contribution in [0.4, 0.5) is 0 Å². The molecular weight excluding hydrogens is 160 g/mol.